The quantitative estimate of drug-likeness (QED) is 0.360. The van der Waals surface area contributed by atoms with Crippen molar-refractivity contribution in [3.8, 4) is 5.88 Å². The lowest BCUT2D eigenvalue weighted by molar-refractivity contribution is -0.625. The Morgan fingerprint density at radius 1 is 1.11 bits per heavy atom. The van der Waals surface area contributed by atoms with E-state index in [1.54, 1.807) is 0 Å². The zero-order valence-corrected chi connectivity index (χ0v) is 17.8. The van der Waals surface area contributed by atoms with E-state index in [1.165, 1.54) is 0 Å². The van der Waals surface area contributed by atoms with Crippen molar-refractivity contribution >= 4 is 10.1 Å². The van der Waals surface area contributed by atoms with E-state index in [0.717, 1.165) is 16.5 Å². The number of aromatic nitrogens is 2. The van der Waals surface area contributed by atoms with Crippen LogP contribution in [0.2, 0.25) is 0 Å². The van der Waals surface area contributed by atoms with E-state index >= 15 is 0 Å². The smallest absolute Gasteiger partial charge is 0.285 e. The Morgan fingerprint density at radius 3 is 2.29 bits per heavy atom. The molecule has 0 saturated heterocycles. The third kappa shape index (κ3) is 6.17. The lowest BCUT2D eigenvalue weighted by atomic mass is 10.0. The molecule has 2 aromatic rings. The molecule has 0 atom stereocenters. The van der Waals surface area contributed by atoms with Gasteiger partial charge < -0.3 is 9.94 Å². The van der Waals surface area contributed by atoms with Gasteiger partial charge >= 0.3 is 0 Å². The van der Waals surface area contributed by atoms with Crippen molar-refractivity contribution in [1.82, 2.24) is 4.98 Å². The zero-order valence-electron chi connectivity index (χ0n) is 17.0. The van der Waals surface area contributed by atoms with Gasteiger partial charge in [0.25, 0.3) is 21.7 Å². The molecule has 0 N–H and O–H groups in total. The summed E-state index contributed by atoms with van der Waals surface area (Å²) in [4.78, 5) is 4.49. The SMILES string of the molecule is CC(C)Cc1c(OCc2ccccc2)nc(COS(C)(=O)=O)c(C(C)C)[n+]1[O-]. The fourth-order valence-electron chi connectivity index (χ4n) is 2.83. The molecular weight excluding hydrogens is 380 g/mol. The first-order valence-electron chi connectivity index (χ1n) is 9.24. The molecule has 0 spiro atoms. The van der Waals surface area contributed by atoms with Gasteiger partial charge in [0.2, 0.25) is 5.69 Å². The van der Waals surface area contributed by atoms with Crippen molar-refractivity contribution in [2.75, 3.05) is 6.26 Å². The molecule has 28 heavy (non-hydrogen) atoms. The van der Waals surface area contributed by atoms with Gasteiger partial charge in [0.15, 0.2) is 0 Å². The normalized spacial score (nSPS) is 12.0. The minimum Gasteiger partial charge on any atom is -0.618 e. The maximum Gasteiger partial charge on any atom is 0.285 e. The van der Waals surface area contributed by atoms with Gasteiger partial charge in [0.1, 0.15) is 18.9 Å². The number of ether oxygens (including phenoxy) is 1. The standard InChI is InChI=1S/C20H28N2O5S/c1-14(2)11-18-20(26-12-16-9-7-6-8-10-16)21-17(13-27-28(5,24)25)19(15(3)4)22(18)23/h6-10,14-15H,11-13H2,1-5H3. The summed E-state index contributed by atoms with van der Waals surface area (Å²) < 4.78 is 34.4. The summed E-state index contributed by atoms with van der Waals surface area (Å²) in [5, 5.41) is 13.1. The van der Waals surface area contributed by atoms with Gasteiger partial charge in [-0.2, -0.15) is 13.1 Å². The summed E-state index contributed by atoms with van der Waals surface area (Å²) in [6.07, 6.45) is 1.46. The molecule has 154 valence electrons. The van der Waals surface area contributed by atoms with Gasteiger partial charge in [-0.15, -0.1) is 0 Å². The Kier molecular flexibility index (Phi) is 7.37. The van der Waals surface area contributed by atoms with Crippen LogP contribution in [0.25, 0.3) is 0 Å². The molecule has 0 aliphatic carbocycles. The largest absolute Gasteiger partial charge is 0.618 e. The maximum absolute atomic E-state index is 13.1. The minimum atomic E-state index is -3.67. The average Bonchev–Trinajstić information content (AvgIpc) is 2.60. The Labute approximate surface area is 167 Å². The molecule has 0 radical (unpaired) electrons. The van der Waals surface area contributed by atoms with E-state index in [-0.39, 0.29) is 36.6 Å². The van der Waals surface area contributed by atoms with Crippen molar-refractivity contribution in [3.63, 3.8) is 0 Å². The fourth-order valence-corrected chi connectivity index (χ4v) is 3.15. The molecule has 0 saturated carbocycles. The van der Waals surface area contributed by atoms with Crippen LogP contribution in [0.3, 0.4) is 0 Å². The number of rotatable bonds is 9. The highest BCUT2D eigenvalue weighted by molar-refractivity contribution is 7.85. The van der Waals surface area contributed by atoms with E-state index in [9.17, 15) is 13.6 Å². The van der Waals surface area contributed by atoms with Crippen LogP contribution in [0, 0.1) is 11.1 Å². The first-order chi connectivity index (χ1) is 13.1. The van der Waals surface area contributed by atoms with Crippen LogP contribution in [0.15, 0.2) is 30.3 Å². The number of hydrogen-bond acceptors (Lipinski definition) is 6. The summed E-state index contributed by atoms with van der Waals surface area (Å²) in [5.74, 6) is 0.278. The van der Waals surface area contributed by atoms with Crippen LogP contribution < -0.4 is 9.47 Å². The van der Waals surface area contributed by atoms with E-state index in [0.29, 0.717) is 17.8 Å². The highest BCUT2D eigenvalue weighted by Crippen LogP contribution is 2.24. The van der Waals surface area contributed by atoms with Gasteiger partial charge in [-0.25, -0.2) is 4.98 Å². The van der Waals surface area contributed by atoms with Gasteiger partial charge in [-0.3, -0.25) is 4.18 Å². The molecule has 0 unspecified atom stereocenters. The second-order valence-corrected chi connectivity index (χ2v) is 9.13. The highest BCUT2D eigenvalue weighted by atomic mass is 32.2. The van der Waals surface area contributed by atoms with E-state index < -0.39 is 10.1 Å². The number of hydrogen-bond donors (Lipinski definition) is 0. The molecule has 0 bridgehead atoms. The van der Waals surface area contributed by atoms with Gasteiger partial charge in [0.05, 0.1) is 6.26 Å². The van der Waals surface area contributed by atoms with Gasteiger partial charge in [0, 0.05) is 12.3 Å². The third-order valence-electron chi connectivity index (χ3n) is 4.02. The van der Waals surface area contributed by atoms with Crippen LogP contribution >= 0.6 is 0 Å². The second-order valence-electron chi connectivity index (χ2n) is 7.48. The maximum atomic E-state index is 13.1. The second kappa shape index (κ2) is 9.34. The zero-order chi connectivity index (χ0) is 20.9. The molecule has 8 heteroatoms. The summed E-state index contributed by atoms with van der Waals surface area (Å²) in [6.45, 7) is 7.69. The molecule has 0 aliphatic rings. The van der Waals surface area contributed by atoms with Gasteiger partial charge in [-0.1, -0.05) is 58.0 Å². The summed E-state index contributed by atoms with van der Waals surface area (Å²) in [7, 11) is -3.67. The first kappa shape index (κ1) is 22.1. The Balaban J connectivity index is 2.47. The number of benzene rings is 1. The van der Waals surface area contributed by atoms with Crippen LogP contribution in [0.5, 0.6) is 5.88 Å². The summed E-state index contributed by atoms with van der Waals surface area (Å²) in [6, 6.07) is 9.56. The van der Waals surface area contributed by atoms with Crippen LogP contribution in [-0.4, -0.2) is 19.7 Å². The molecule has 0 fully saturated rings. The molecule has 1 aromatic carbocycles. The molecule has 0 aliphatic heterocycles. The van der Waals surface area contributed by atoms with Crippen molar-refractivity contribution in [3.05, 3.63) is 58.2 Å². The lowest BCUT2D eigenvalue weighted by Gasteiger charge is -2.19. The Bertz CT molecular complexity index is 897. The topological polar surface area (TPSA) is 92.4 Å². The molecule has 0 amide bonds. The van der Waals surface area contributed by atoms with Crippen molar-refractivity contribution < 1.29 is 22.1 Å². The first-order valence-corrected chi connectivity index (χ1v) is 11.1. The summed E-state index contributed by atoms with van der Waals surface area (Å²) in [5.41, 5.74) is 2.05. The Morgan fingerprint density at radius 2 is 1.75 bits per heavy atom. The predicted molar refractivity (Wildman–Crippen MR) is 106 cm³/mol. The number of nitrogens with zero attached hydrogens (tertiary/aromatic N) is 2. The highest BCUT2D eigenvalue weighted by Gasteiger charge is 2.28. The van der Waals surface area contributed by atoms with Crippen molar-refractivity contribution in [2.24, 2.45) is 5.92 Å². The average molecular weight is 409 g/mol. The van der Waals surface area contributed by atoms with E-state index in [4.69, 9.17) is 8.92 Å². The van der Waals surface area contributed by atoms with Crippen molar-refractivity contribution in [1.29, 1.82) is 0 Å². The monoisotopic (exact) mass is 408 g/mol. The third-order valence-corrected chi connectivity index (χ3v) is 4.57. The van der Waals surface area contributed by atoms with E-state index in [2.05, 4.69) is 4.98 Å². The minimum absolute atomic E-state index is 0.155. The van der Waals surface area contributed by atoms with Crippen LogP contribution in [-0.2, 0) is 33.9 Å². The van der Waals surface area contributed by atoms with Crippen LogP contribution in [0.4, 0.5) is 0 Å². The molecule has 1 heterocycles. The predicted octanol–water partition coefficient (Wildman–Crippen LogP) is 3.09. The van der Waals surface area contributed by atoms with E-state index in [1.807, 2.05) is 58.0 Å². The molecule has 2 rings (SSSR count). The van der Waals surface area contributed by atoms with Crippen LogP contribution in [0.1, 0.15) is 56.3 Å². The molecular formula is C20H28N2O5S. The summed E-state index contributed by atoms with van der Waals surface area (Å²) >= 11 is 0. The Hall–Kier alpha value is -2.19. The van der Waals surface area contributed by atoms with Crippen molar-refractivity contribution in [2.45, 2.75) is 53.2 Å². The van der Waals surface area contributed by atoms with Gasteiger partial charge in [-0.05, 0) is 11.5 Å². The fraction of sp³-hybridized carbons (Fsp3) is 0.500. The molecule has 7 nitrogen and oxygen atoms in total. The lowest BCUT2D eigenvalue weighted by Crippen LogP contribution is -2.41. The molecule has 1 aromatic heterocycles.